The molecule has 2 rings (SSSR count). The van der Waals surface area contributed by atoms with Gasteiger partial charge in [-0.05, 0) is 18.6 Å². The van der Waals surface area contributed by atoms with Gasteiger partial charge in [0.2, 0.25) is 0 Å². The van der Waals surface area contributed by atoms with Gasteiger partial charge in [0, 0.05) is 0 Å². The van der Waals surface area contributed by atoms with Crippen LogP contribution in [-0.2, 0) is 0 Å². The minimum Gasteiger partial charge on any atom is -0.407 e. The van der Waals surface area contributed by atoms with E-state index in [0.29, 0.717) is 5.56 Å². The van der Waals surface area contributed by atoms with Gasteiger partial charge in [0.1, 0.15) is 5.52 Å². The van der Waals surface area contributed by atoms with Gasteiger partial charge in [-0.15, -0.1) is 0 Å². The molecule has 5 heteroatoms. The molecular weight excluding hydrogens is 180 g/mol. The summed E-state index contributed by atoms with van der Waals surface area (Å²) in [6, 6.07) is 0.981. The summed E-state index contributed by atoms with van der Waals surface area (Å²) in [6.07, 6.45) is 0. The van der Waals surface area contributed by atoms with E-state index in [0.717, 1.165) is 6.07 Å². The van der Waals surface area contributed by atoms with Gasteiger partial charge in [0.25, 0.3) is 0 Å². The van der Waals surface area contributed by atoms with Gasteiger partial charge in [0.05, 0.1) is 0 Å². The Morgan fingerprint density at radius 3 is 2.85 bits per heavy atom. The zero-order valence-electron chi connectivity index (χ0n) is 6.65. The van der Waals surface area contributed by atoms with Gasteiger partial charge in [-0.3, -0.25) is 4.98 Å². The normalized spacial score (nSPS) is 11.0. The number of aromatic nitrogens is 1. The van der Waals surface area contributed by atoms with Crippen LogP contribution in [0.2, 0.25) is 0 Å². The van der Waals surface area contributed by atoms with Crippen molar-refractivity contribution in [3.8, 4) is 0 Å². The van der Waals surface area contributed by atoms with Crippen molar-refractivity contribution in [1.82, 2.24) is 4.98 Å². The number of aromatic amines is 1. The van der Waals surface area contributed by atoms with Crippen LogP contribution in [0.25, 0.3) is 11.1 Å². The molecule has 0 aliphatic carbocycles. The Balaban J connectivity index is 3.04. The highest BCUT2D eigenvalue weighted by Gasteiger charge is 2.14. The third-order valence-electron chi connectivity index (χ3n) is 1.78. The van der Waals surface area contributed by atoms with E-state index in [9.17, 15) is 13.6 Å². The van der Waals surface area contributed by atoms with Crippen LogP contribution in [0.5, 0.6) is 0 Å². The molecule has 3 nitrogen and oxygen atoms in total. The lowest BCUT2D eigenvalue weighted by molar-refractivity contribution is 0.513. The molecule has 1 N–H and O–H groups in total. The maximum atomic E-state index is 13.0. The Hall–Kier alpha value is -1.65. The number of hydrogen-bond acceptors (Lipinski definition) is 2. The zero-order chi connectivity index (χ0) is 9.59. The average Bonchev–Trinajstić information content (AvgIpc) is 2.44. The van der Waals surface area contributed by atoms with Crippen LogP contribution in [-0.4, -0.2) is 4.98 Å². The lowest BCUT2D eigenvalue weighted by atomic mass is 10.2. The number of benzene rings is 1. The molecule has 0 saturated carbocycles. The highest BCUT2D eigenvalue weighted by Crippen LogP contribution is 2.20. The van der Waals surface area contributed by atoms with Gasteiger partial charge in [0.15, 0.2) is 17.2 Å². The second-order valence-electron chi connectivity index (χ2n) is 2.71. The number of H-pyrrole nitrogens is 1. The quantitative estimate of drug-likeness (QED) is 0.679. The molecule has 2 aromatic rings. The third-order valence-corrected chi connectivity index (χ3v) is 1.78. The van der Waals surface area contributed by atoms with Crippen molar-refractivity contribution >= 4 is 11.1 Å². The van der Waals surface area contributed by atoms with Crippen molar-refractivity contribution in [2.75, 3.05) is 0 Å². The molecule has 0 fully saturated rings. The summed E-state index contributed by atoms with van der Waals surface area (Å²) < 4.78 is 30.4. The van der Waals surface area contributed by atoms with Gasteiger partial charge < -0.3 is 4.42 Å². The molecule has 0 aliphatic rings. The van der Waals surface area contributed by atoms with E-state index in [1.54, 1.807) is 0 Å². The maximum Gasteiger partial charge on any atom is 0.417 e. The minimum atomic E-state index is -1.09. The summed E-state index contributed by atoms with van der Waals surface area (Å²) >= 11 is 0. The van der Waals surface area contributed by atoms with E-state index in [1.165, 1.54) is 6.92 Å². The van der Waals surface area contributed by atoms with Crippen molar-refractivity contribution in [2.45, 2.75) is 6.92 Å². The van der Waals surface area contributed by atoms with E-state index >= 15 is 0 Å². The van der Waals surface area contributed by atoms with Crippen molar-refractivity contribution < 1.29 is 13.2 Å². The fourth-order valence-corrected chi connectivity index (χ4v) is 1.20. The molecule has 0 bridgehead atoms. The lowest BCUT2D eigenvalue weighted by Gasteiger charge is -1.95. The summed E-state index contributed by atoms with van der Waals surface area (Å²) in [7, 11) is 0. The topological polar surface area (TPSA) is 46.0 Å². The number of rotatable bonds is 0. The van der Waals surface area contributed by atoms with E-state index < -0.39 is 17.4 Å². The first-order valence-corrected chi connectivity index (χ1v) is 3.57. The highest BCUT2D eigenvalue weighted by atomic mass is 19.2. The van der Waals surface area contributed by atoms with Gasteiger partial charge in [-0.25, -0.2) is 13.6 Å². The molecule has 0 unspecified atom stereocenters. The maximum absolute atomic E-state index is 13.0. The molecule has 1 heterocycles. The van der Waals surface area contributed by atoms with Crippen LogP contribution < -0.4 is 5.76 Å². The zero-order valence-corrected chi connectivity index (χ0v) is 6.65. The lowest BCUT2D eigenvalue weighted by Crippen LogP contribution is -1.94. The Labute approximate surface area is 71.0 Å². The standard InChI is InChI=1S/C8H5F2NO2/c1-3-2-4(9)5(10)6-7(3)13-8(12)11-6/h2H,1H3,(H,11,12). The molecule has 0 saturated heterocycles. The molecule has 1 aromatic heterocycles. The molecular formula is C8H5F2NO2. The van der Waals surface area contributed by atoms with Crippen LogP contribution in [0, 0.1) is 18.6 Å². The van der Waals surface area contributed by atoms with Crippen molar-refractivity contribution in [1.29, 1.82) is 0 Å². The first-order chi connectivity index (χ1) is 6.09. The molecule has 0 radical (unpaired) electrons. The molecule has 13 heavy (non-hydrogen) atoms. The van der Waals surface area contributed by atoms with E-state index in [1.807, 2.05) is 0 Å². The van der Waals surface area contributed by atoms with Crippen LogP contribution >= 0.6 is 0 Å². The fraction of sp³-hybridized carbons (Fsp3) is 0.125. The number of nitrogens with one attached hydrogen (secondary N) is 1. The number of aryl methyl sites for hydroxylation is 1. The molecule has 1 aromatic carbocycles. The van der Waals surface area contributed by atoms with Crippen molar-refractivity contribution in [3.63, 3.8) is 0 Å². The van der Waals surface area contributed by atoms with Gasteiger partial charge in [-0.2, -0.15) is 0 Å². The highest BCUT2D eigenvalue weighted by molar-refractivity contribution is 5.76. The summed E-state index contributed by atoms with van der Waals surface area (Å²) in [5.74, 6) is -2.88. The number of hydrogen-bond donors (Lipinski definition) is 1. The van der Waals surface area contributed by atoms with E-state index in [-0.39, 0.29) is 11.1 Å². The first kappa shape index (κ1) is 7.97. The Morgan fingerprint density at radius 1 is 1.46 bits per heavy atom. The molecule has 0 aliphatic heterocycles. The van der Waals surface area contributed by atoms with E-state index in [2.05, 4.69) is 9.40 Å². The minimum absolute atomic E-state index is 0.0592. The predicted octanol–water partition coefficient (Wildman–Crippen LogP) is 1.71. The molecule has 0 atom stereocenters. The summed E-state index contributed by atoms with van der Waals surface area (Å²) in [6.45, 7) is 1.53. The smallest absolute Gasteiger partial charge is 0.407 e. The Bertz CT molecular complexity index is 527. The summed E-state index contributed by atoms with van der Waals surface area (Å²) in [5, 5.41) is 0. The molecule has 0 spiro atoms. The van der Waals surface area contributed by atoms with Crippen LogP contribution in [0.1, 0.15) is 5.56 Å². The molecule has 0 amide bonds. The van der Waals surface area contributed by atoms with Crippen LogP contribution in [0.4, 0.5) is 8.78 Å². The summed E-state index contributed by atoms with van der Waals surface area (Å²) in [5.41, 5.74) is 0.221. The first-order valence-electron chi connectivity index (χ1n) is 3.57. The number of halogens is 2. The Kier molecular flexibility index (Phi) is 1.48. The third kappa shape index (κ3) is 1.04. The van der Waals surface area contributed by atoms with Crippen molar-refractivity contribution in [3.05, 3.63) is 33.8 Å². The second-order valence-corrected chi connectivity index (χ2v) is 2.71. The Morgan fingerprint density at radius 2 is 2.15 bits per heavy atom. The molecule has 68 valence electrons. The predicted molar refractivity (Wildman–Crippen MR) is 41.5 cm³/mol. The van der Waals surface area contributed by atoms with Crippen LogP contribution in [0.3, 0.4) is 0 Å². The number of fused-ring (bicyclic) bond motifs is 1. The van der Waals surface area contributed by atoms with E-state index in [4.69, 9.17) is 0 Å². The fourth-order valence-electron chi connectivity index (χ4n) is 1.20. The van der Waals surface area contributed by atoms with Gasteiger partial charge in [-0.1, -0.05) is 0 Å². The average molecular weight is 185 g/mol. The SMILES string of the molecule is Cc1cc(F)c(F)c2[nH]c(=O)oc12. The van der Waals surface area contributed by atoms with Gasteiger partial charge >= 0.3 is 5.76 Å². The monoisotopic (exact) mass is 185 g/mol. The summed E-state index contributed by atoms with van der Waals surface area (Å²) in [4.78, 5) is 12.8. The van der Waals surface area contributed by atoms with Crippen molar-refractivity contribution in [2.24, 2.45) is 0 Å². The number of oxazole rings is 1. The largest absolute Gasteiger partial charge is 0.417 e. The second kappa shape index (κ2) is 2.42. The van der Waals surface area contributed by atoms with Crippen LogP contribution in [0.15, 0.2) is 15.3 Å².